The molecule has 0 radical (unpaired) electrons. The predicted molar refractivity (Wildman–Crippen MR) is 80.5 cm³/mol. The molecule has 1 aliphatic heterocycles. The second kappa shape index (κ2) is 7.73. The number of benzene rings is 1. The van der Waals surface area contributed by atoms with Crippen LogP contribution in [-0.2, 0) is 11.2 Å². The van der Waals surface area contributed by atoms with Crippen molar-refractivity contribution >= 4 is 5.91 Å². The number of alkyl halides is 6. The van der Waals surface area contributed by atoms with Gasteiger partial charge < -0.3 is 15.4 Å². The molecule has 0 saturated carbocycles. The molecular formula is C16H18F6N2O2. The van der Waals surface area contributed by atoms with Crippen LogP contribution in [0, 0.1) is 0 Å². The van der Waals surface area contributed by atoms with Gasteiger partial charge in [-0.25, -0.2) is 0 Å². The van der Waals surface area contributed by atoms with Crippen molar-refractivity contribution in [1.82, 2.24) is 10.6 Å². The topological polar surface area (TPSA) is 50.4 Å². The number of hydrogen-bond acceptors (Lipinski definition) is 3. The van der Waals surface area contributed by atoms with Gasteiger partial charge in [-0.3, -0.25) is 4.79 Å². The minimum atomic E-state index is -4.99. The number of fused-ring (bicyclic) bond motifs is 1. The molecule has 2 rings (SSSR count). The Hall–Kier alpha value is -1.97. The first-order valence-electron chi connectivity index (χ1n) is 7.99. The number of halogens is 6. The zero-order chi connectivity index (χ0) is 19.5. The van der Waals surface area contributed by atoms with Gasteiger partial charge >= 0.3 is 18.4 Å². The fourth-order valence-electron chi connectivity index (χ4n) is 2.90. The van der Waals surface area contributed by atoms with Gasteiger partial charge in [-0.2, -0.15) is 13.2 Å². The number of carbonyl (C=O) groups excluding carboxylic acids is 1. The molecule has 1 aliphatic rings. The molecule has 26 heavy (non-hydrogen) atoms. The maximum Gasteiger partial charge on any atom is 0.573 e. The third-order valence-corrected chi connectivity index (χ3v) is 4.12. The van der Waals surface area contributed by atoms with E-state index in [1.165, 1.54) is 18.2 Å². The fourth-order valence-corrected chi connectivity index (χ4v) is 2.90. The summed E-state index contributed by atoms with van der Waals surface area (Å²) in [5, 5.41) is 5.00. The highest BCUT2D eigenvalue weighted by Gasteiger charge is 2.40. The Morgan fingerprint density at radius 1 is 1.31 bits per heavy atom. The molecule has 1 aromatic rings. The Morgan fingerprint density at radius 2 is 2.00 bits per heavy atom. The van der Waals surface area contributed by atoms with E-state index in [0.29, 0.717) is 18.5 Å². The summed E-state index contributed by atoms with van der Waals surface area (Å²) in [5.74, 6) is -2.42. The molecule has 4 nitrogen and oxygen atoms in total. The van der Waals surface area contributed by atoms with E-state index in [0.717, 1.165) is 5.56 Å². The number of amides is 1. The lowest BCUT2D eigenvalue weighted by atomic mass is 9.89. The molecule has 1 aromatic carbocycles. The summed E-state index contributed by atoms with van der Waals surface area (Å²) >= 11 is 0. The maximum absolute atomic E-state index is 12.4. The van der Waals surface area contributed by atoms with Crippen molar-refractivity contribution in [2.45, 2.75) is 50.8 Å². The van der Waals surface area contributed by atoms with Crippen molar-refractivity contribution in [1.29, 1.82) is 0 Å². The Labute approximate surface area is 145 Å². The number of ether oxygens (including phenoxy) is 1. The molecule has 0 aromatic heterocycles. The molecule has 2 atom stereocenters. The second-order valence-corrected chi connectivity index (χ2v) is 5.98. The van der Waals surface area contributed by atoms with Crippen molar-refractivity contribution in [3.63, 3.8) is 0 Å². The lowest BCUT2D eigenvalue weighted by Gasteiger charge is -2.30. The highest BCUT2D eigenvalue weighted by molar-refractivity contribution is 5.81. The molecule has 10 heteroatoms. The Balaban J connectivity index is 2.16. The summed E-state index contributed by atoms with van der Waals surface area (Å²) in [6.07, 6.45) is -8.89. The van der Waals surface area contributed by atoms with E-state index in [1.54, 1.807) is 6.92 Å². The first kappa shape index (κ1) is 20.3. The molecule has 146 valence electrons. The minimum absolute atomic E-state index is 0.112. The quantitative estimate of drug-likeness (QED) is 0.763. The van der Waals surface area contributed by atoms with Gasteiger partial charge in [0.1, 0.15) is 5.75 Å². The zero-order valence-corrected chi connectivity index (χ0v) is 13.8. The molecule has 2 N–H and O–H groups in total. The zero-order valence-electron chi connectivity index (χ0n) is 13.8. The van der Waals surface area contributed by atoms with Gasteiger partial charge in [0.2, 0.25) is 0 Å². The van der Waals surface area contributed by atoms with Crippen LogP contribution >= 0.6 is 0 Å². The third kappa shape index (κ3) is 5.52. The second-order valence-electron chi connectivity index (χ2n) is 5.98. The average molecular weight is 384 g/mol. The van der Waals surface area contributed by atoms with E-state index in [9.17, 15) is 31.1 Å². The fraction of sp³-hybridized carbons (Fsp3) is 0.562. The van der Waals surface area contributed by atoms with Gasteiger partial charge in [-0.1, -0.05) is 13.0 Å². The van der Waals surface area contributed by atoms with Gasteiger partial charge in [0.05, 0.1) is 0 Å². The highest BCUT2D eigenvalue weighted by Crippen LogP contribution is 2.32. The third-order valence-electron chi connectivity index (χ3n) is 4.12. The number of nitrogens with one attached hydrogen (secondary N) is 2. The van der Waals surface area contributed by atoms with Crippen molar-refractivity contribution in [2.75, 3.05) is 6.54 Å². The van der Waals surface area contributed by atoms with Crippen LogP contribution in [0.3, 0.4) is 0 Å². The van der Waals surface area contributed by atoms with Crippen molar-refractivity contribution in [3.05, 3.63) is 29.3 Å². The molecule has 0 spiro atoms. The smallest absolute Gasteiger partial charge is 0.406 e. The summed E-state index contributed by atoms with van der Waals surface area (Å²) in [6.45, 7) is 2.15. The van der Waals surface area contributed by atoms with Crippen LogP contribution in [0.4, 0.5) is 26.3 Å². The average Bonchev–Trinajstić information content (AvgIpc) is 2.52. The van der Waals surface area contributed by atoms with Crippen molar-refractivity contribution in [2.24, 2.45) is 0 Å². The number of rotatable bonds is 5. The summed E-state index contributed by atoms with van der Waals surface area (Å²) in [7, 11) is 0. The van der Waals surface area contributed by atoms with E-state index < -0.39 is 36.3 Å². The Bertz CT molecular complexity index is 645. The van der Waals surface area contributed by atoms with Gasteiger partial charge in [0.15, 0.2) is 0 Å². The van der Waals surface area contributed by atoms with Crippen molar-refractivity contribution in [3.8, 4) is 5.75 Å². The van der Waals surface area contributed by atoms with E-state index >= 15 is 0 Å². The molecule has 0 aliphatic carbocycles. The van der Waals surface area contributed by atoms with E-state index in [4.69, 9.17) is 0 Å². The van der Waals surface area contributed by atoms with Crippen LogP contribution in [0.5, 0.6) is 5.75 Å². The first-order chi connectivity index (χ1) is 12.0. The standard InChI is InChI=1S/C16H18F6N2O2/c1-2-10(24-14(25)15(17,18)19)7-13-12-8-11(26-16(20,21)22)4-3-9(12)5-6-23-13/h3-4,8,10,13,23H,2,5-7H2,1H3,(H,24,25). The summed E-state index contributed by atoms with van der Waals surface area (Å²) in [5.41, 5.74) is 1.32. The van der Waals surface area contributed by atoms with Crippen LogP contribution in [0.15, 0.2) is 18.2 Å². The van der Waals surface area contributed by atoms with Gasteiger partial charge in [0, 0.05) is 12.1 Å². The summed E-state index contributed by atoms with van der Waals surface area (Å²) in [6, 6.07) is 2.68. The molecule has 0 bridgehead atoms. The molecule has 0 saturated heterocycles. The highest BCUT2D eigenvalue weighted by atomic mass is 19.4. The van der Waals surface area contributed by atoms with Gasteiger partial charge in [-0.05, 0) is 49.1 Å². The lowest BCUT2D eigenvalue weighted by molar-refractivity contribution is -0.274. The molecule has 1 amide bonds. The Kier molecular flexibility index (Phi) is 6.05. The van der Waals surface area contributed by atoms with Gasteiger partial charge in [0.25, 0.3) is 0 Å². The van der Waals surface area contributed by atoms with E-state index in [1.807, 2.05) is 5.32 Å². The number of hydrogen-bond donors (Lipinski definition) is 2. The SMILES string of the molecule is CCC(CC1NCCc2ccc(OC(F)(F)F)cc21)NC(=O)C(F)(F)F. The molecule has 0 fully saturated rings. The molecular weight excluding hydrogens is 366 g/mol. The largest absolute Gasteiger partial charge is 0.573 e. The molecule has 1 heterocycles. The summed E-state index contributed by atoms with van der Waals surface area (Å²) in [4.78, 5) is 11.1. The Morgan fingerprint density at radius 3 is 2.58 bits per heavy atom. The normalized spacial score (nSPS) is 18.8. The molecule has 2 unspecified atom stereocenters. The van der Waals surface area contributed by atoms with Crippen molar-refractivity contribution < 1.29 is 35.9 Å². The van der Waals surface area contributed by atoms with Crippen LogP contribution in [0.2, 0.25) is 0 Å². The van der Waals surface area contributed by atoms with Gasteiger partial charge in [-0.15, -0.1) is 13.2 Å². The lowest BCUT2D eigenvalue weighted by Crippen LogP contribution is -2.45. The first-order valence-corrected chi connectivity index (χ1v) is 7.99. The summed E-state index contributed by atoms with van der Waals surface area (Å²) < 4.78 is 78.4. The number of carbonyl (C=O) groups is 1. The minimum Gasteiger partial charge on any atom is -0.406 e. The van der Waals surface area contributed by atoms with E-state index in [-0.39, 0.29) is 12.8 Å². The van der Waals surface area contributed by atoms with Crippen LogP contribution in [0.25, 0.3) is 0 Å². The predicted octanol–water partition coefficient (Wildman–Crippen LogP) is 3.62. The van der Waals surface area contributed by atoms with Crippen LogP contribution in [-0.4, -0.2) is 31.0 Å². The van der Waals surface area contributed by atoms with E-state index in [2.05, 4.69) is 10.1 Å². The maximum atomic E-state index is 12.4. The van der Waals surface area contributed by atoms with Crippen LogP contribution < -0.4 is 15.4 Å². The van der Waals surface area contributed by atoms with Crippen LogP contribution in [0.1, 0.15) is 36.9 Å². The monoisotopic (exact) mass is 384 g/mol.